The van der Waals surface area contributed by atoms with Crippen molar-refractivity contribution in [3.05, 3.63) is 0 Å². The molecule has 0 saturated carbocycles. The summed E-state index contributed by atoms with van der Waals surface area (Å²) in [4.78, 5) is 2.51. The van der Waals surface area contributed by atoms with Crippen molar-refractivity contribution in [3.63, 3.8) is 0 Å². The van der Waals surface area contributed by atoms with Crippen molar-refractivity contribution < 1.29 is 4.74 Å². The molecule has 0 aromatic rings. The Morgan fingerprint density at radius 2 is 1.93 bits per heavy atom. The number of nitrogens with zero attached hydrogens (tertiary/aromatic N) is 1. The van der Waals surface area contributed by atoms with Gasteiger partial charge in [-0.05, 0) is 26.8 Å². The summed E-state index contributed by atoms with van der Waals surface area (Å²) in [6, 6.07) is 1.14. The molecule has 2 atom stereocenters. The zero-order valence-corrected chi connectivity index (χ0v) is 11.0. The van der Waals surface area contributed by atoms with Crippen LogP contribution >= 0.6 is 0 Å². The molecule has 0 aliphatic heterocycles. The van der Waals surface area contributed by atoms with Gasteiger partial charge < -0.3 is 10.1 Å². The van der Waals surface area contributed by atoms with Gasteiger partial charge >= 0.3 is 0 Å². The van der Waals surface area contributed by atoms with E-state index in [1.807, 2.05) is 0 Å². The van der Waals surface area contributed by atoms with Gasteiger partial charge in [-0.1, -0.05) is 13.8 Å². The van der Waals surface area contributed by atoms with Crippen LogP contribution in [0.5, 0.6) is 0 Å². The SMILES string of the molecule is CCC(C)N(CC)CCNC(C)COC. The Kier molecular flexibility index (Phi) is 9.06. The average Bonchev–Trinajstić information content (AvgIpc) is 2.24. The minimum Gasteiger partial charge on any atom is -0.383 e. The van der Waals surface area contributed by atoms with Crippen LogP contribution < -0.4 is 5.32 Å². The van der Waals surface area contributed by atoms with E-state index in [0.717, 1.165) is 26.2 Å². The van der Waals surface area contributed by atoms with E-state index in [2.05, 4.69) is 37.9 Å². The molecule has 1 N–H and O–H groups in total. The number of ether oxygens (including phenoxy) is 1. The van der Waals surface area contributed by atoms with Gasteiger partial charge in [0.05, 0.1) is 6.61 Å². The molecule has 0 heterocycles. The Labute approximate surface area is 95.2 Å². The Hall–Kier alpha value is -0.120. The fourth-order valence-electron chi connectivity index (χ4n) is 1.71. The van der Waals surface area contributed by atoms with E-state index in [1.54, 1.807) is 7.11 Å². The summed E-state index contributed by atoms with van der Waals surface area (Å²) in [5, 5.41) is 3.46. The fraction of sp³-hybridized carbons (Fsp3) is 1.00. The molecule has 0 rings (SSSR count). The zero-order chi connectivity index (χ0) is 11.7. The van der Waals surface area contributed by atoms with Crippen molar-refractivity contribution in [1.82, 2.24) is 10.2 Å². The van der Waals surface area contributed by atoms with Crippen LogP contribution in [0.25, 0.3) is 0 Å². The van der Waals surface area contributed by atoms with E-state index in [0.29, 0.717) is 12.1 Å². The van der Waals surface area contributed by atoms with E-state index < -0.39 is 0 Å². The smallest absolute Gasteiger partial charge is 0.0613 e. The van der Waals surface area contributed by atoms with Gasteiger partial charge in [0.25, 0.3) is 0 Å². The molecule has 0 fully saturated rings. The molecule has 15 heavy (non-hydrogen) atoms. The highest BCUT2D eigenvalue weighted by Crippen LogP contribution is 2.01. The molecular formula is C12H28N2O. The standard InChI is InChI=1S/C12H28N2O/c1-6-12(4)14(7-2)9-8-13-11(3)10-15-5/h11-13H,6-10H2,1-5H3. The van der Waals surface area contributed by atoms with Gasteiger partial charge in [0.1, 0.15) is 0 Å². The van der Waals surface area contributed by atoms with Crippen LogP contribution in [0, 0.1) is 0 Å². The highest BCUT2D eigenvalue weighted by Gasteiger charge is 2.09. The van der Waals surface area contributed by atoms with E-state index in [4.69, 9.17) is 4.74 Å². The van der Waals surface area contributed by atoms with Gasteiger partial charge in [-0.25, -0.2) is 0 Å². The number of hydrogen-bond donors (Lipinski definition) is 1. The molecule has 2 unspecified atom stereocenters. The number of likely N-dealkylation sites (N-methyl/N-ethyl adjacent to an activating group) is 1. The lowest BCUT2D eigenvalue weighted by atomic mass is 10.2. The van der Waals surface area contributed by atoms with Gasteiger partial charge in [-0.15, -0.1) is 0 Å². The lowest BCUT2D eigenvalue weighted by Crippen LogP contribution is -2.41. The van der Waals surface area contributed by atoms with E-state index in [-0.39, 0.29) is 0 Å². The average molecular weight is 216 g/mol. The first-order valence-electron chi connectivity index (χ1n) is 6.12. The summed E-state index contributed by atoms with van der Waals surface area (Å²) in [5.74, 6) is 0. The van der Waals surface area contributed by atoms with E-state index >= 15 is 0 Å². The van der Waals surface area contributed by atoms with Crippen LogP contribution in [-0.4, -0.2) is 50.3 Å². The molecule has 3 heteroatoms. The van der Waals surface area contributed by atoms with Gasteiger partial charge in [-0.2, -0.15) is 0 Å². The summed E-state index contributed by atoms with van der Waals surface area (Å²) < 4.78 is 5.08. The second-order valence-electron chi connectivity index (χ2n) is 4.20. The molecule has 0 aromatic carbocycles. The molecule has 0 aliphatic carbocycles. The molecule has 0 amide bonds. The summed E-state index contributed by atoms with van der Waals surface area (Å²) in [6.45, 7) is 13.0. The monoisotopic (exact) mass is 216 g/mol. The molecule has 0 radical (unpaired) electrons. The van der Waals surface area contributed by atoms with Gasteiger partial charge in [-0.3, -0.25) is 4.90 Å². The maximum absolute atomic E-state index is 5.08. The second-order valence-corrected chi connectivity index (χ2v) is 4.20. The normalized spacial score (nSPS) is 15.6. The first-order valence-corrected chi connectivity index (χ1v) is 6.12. The topological polar surface area (TPSA) is 24.5 Å². The Bertz CT molecular complexity index is 142. The Balaban J connectivity index is 3.62. The molecule has 0 saturated heterocycles. The molecule has 0 spiro atoms. The predicted molar refractivity (Wildman–Crippen MR) is 66.3 cm³/mol. The molecule has 3 nitrogen and oxygen atoms in total. The third-order valence-corrected chi connectivity index (χ3v) is 2.93. The number of methoxy groups -OCH3 is 1. The van der Waals surface area contributed by atoms with Crippen LogP contribution in [0.15, 0.2) is 0 Å². The van der Waals surface area contributed by atoms with Crippen molar-refractivity contribution in [2.24, 2.45) is 0 Å². The van der Waals surface area contributed by atoms with E-state index in [1.165, 1.54) is 6.42 Å². The van der Waals surface area contributed by atoms with Crippen molar-refractivity contribution in [1.29, 1.82) is 0 Å². The van der Waals surface area contributed by atoms with E-state index in [9.17, 15) is 0 Å². The van der Waals surface area contributed by atoms with Gasteiger partial charge in [0.15, 0.2) is 0 Å². The predicted octanol–water partition coefficient (Wildman–Crippen LogP) is 1.73. The molecule has 0 bridgehead atoms. The Morgan fingerprint density at radius 3 is 2.40 bits per heavy atom. The first-order chi connectivity index (χ1) is 7.15. The largest absolute Gasteiger partial charge is 0.383 e. The molecule has 0 aromatic heterocycles. The lowest BCUT2D eigenvalue weighted by Gasteiger charge is -2.27. The van der Waals surface area contributed by atoms with Crippen molar-refractivity contribution in [2.75, 3.05) is 33.4 Å². The number of rotatable bonds is 9. The molecule has 92 valence electrons. The van der Waals surface area contributed by atoms with Crippen LogP contribution in [0.2, 0.25) is 0 Å². The molecule has 0 aliphatic rings. The van der Waals surface area contributed by atoms with Crippen LogP contribution in [0.3, 0.4) is 0 Å². The van der Waals surface area contributed by atoms with Crippen LogP contribution in [-0.2, 0) is 4.74 Å². The van der Waals surface area contributed by atoms with Gasteiger partial charge in [0, 0.05) is 32.3 Å². The third kappa shape index (κ3) is 6.88. The van der Waals surface area contributed by atoms with Crippen molar-refractivity contribution >= 4 is 0 Å². The molecular weight excluding hydrogens is 188 g/mol. The highest BCUT2D eigenvalue weighted by atomic mass is 16.5. The zero-order valence-electron chi connectivity index (χ0n) is 11.0. The third-order valence-electron chi connectivity index (χ3n) is 2.93. The second kappa shape index (κ2) is 9.13. The van der Waals surface area contributed by atoms with Crippen molar-refractivity contribution in [2.45, 2.75) is 46.2 Å². The lowest BCUT2D eigenvalue weighted by molar-refractivity contribution is 0.165. The summed E-state index contributed by atoms with van der Waals surface area (Å²) in [7, 11) is 1.75. The number of nitrogens with one attached hydrogen (secondary N) is 1. The fourth-order valence-corrected chi connectivity index (χ4v) is 1.71. The first kappa shape index (κ1) is 14.9. The summed E-state index contributed by atoms with van der Waals surface area (Å²) in [5.41, 5.74) is 0. The summed E-state index contributed by atoms with van der Waals surface area (Å²) in [6.07, 6.45) is 1.22. The minimum atomic E-state index is 0.450. The van der Waals surface area contributed by atoms with Crippen LogP contribution in [0.1, 0.15) is 34.1 Å². The van der Waals surface area contributed by atoms with Gasteiger partial charge in [0.2, 0.25) is 0 Å². The maximum atomic E-state index is 5.08. The minimum absolute atomic E-state index is 0.450. The Morgan fingerprint density at radius 1 is 1.27 bits per heavy atom. The number of hydrogen-bond acceptors (Lipinski definition) is 3. The maximum Gasteiger partial charge on any atom is 0.0613 e. The highest BCUT2D eigenvalue weighted by molar-refractivity contribution is 4.67. The van der Waals surface area contributed by atoms with Crippen LogP contribution in [0.4, 0.5) is 0 Å². The summed E-state index contributed by atoms with van der Waals surface area (Å²) >= 11 is 0. The quantitative estimate of drug-likeness (QED) is 0.635. The van der Waals surface area contributed by atoms with Crippen molar-refractivity contribution in [3.8, 4) is 0 Å².